The van der Waals surface area contributed by atoms with Crippen molar-refractivity contribution in [2.45, 2.75) is 18.9 Å². The van der Waals surface area contributed by atoms with Gasteiger partial charge in [-0.1, -0.05) is 0 Å². The molecule has 0 spiro atoms. The number of hydrogen-bond donors (Lipinski definition) is 4. The Labute approximate surface area is 65.4 Å². The molecule has 5 heteroatoms. The molecule has 6 N–H and O–H groups in total. The Morgan fingerprint density at radius 3 is 2.73 bits per heavy atom. The largest absolute Gasteiger partial charge is 0.393 e. The summed E-state index contributed by atoms with van der Waals surface area (Å²) < 4.78 is 0. The summed E-state index contributed by atoms with van der Waals surface area (Å²) in [7, 11) is 0. The number of rotatable bonds is 2. The van der Waals surface area contributed by atoms with Gasteiger partial charge in [-0.05, 0) is 18.8 Å². The summed E-state index contributed by atoms with van der Waals surface area (Å²) in [4.78, 5) is 3.95. The highest BCUT2D eigenvalue weighted by Crippen LogP contribution is 2.26. The van der Waals surface area contributed by atoms with E-state index in [4.69, 9.17) is 16.7 Å². The van der Waals surface area contributed by atoms with Gasteiger partial charge in [-0.2, -0.15) is 0 Å². The van der Waals surface area contributed by atoms with Crippen LogP contribution in [0, 0.1) is 5.92 Å². The van der Waals surface area contributed by atoms with Crippen LogP contribution in [0.25, 0.3) is 0 Å². The molecule has 0 radical (unpaired) electrons. The summed E-state index contributed by atoms with van der Waals surface area (Å²) in [5.41, 5.74) is 7.53. The molecule has 5 nitrogen and oxygen atoms in total. The number of nitrogens with zero attached hydrogens (tertiary/aromatic N) is 1. The topological polar surface area (TPSA) is 96.7 Å². The van der Waals surface area contributed by atoms with Gasteiger partial charge in [0.2, 0.25) is 5.96 Å². The van der Waals surface area contributed by atoms with Gasteiger partial charge in [0, 0.05) is 6.54 Å². The van der Waals surface area contributed by atoms with E-state index in [0.717, 1.165) is 12.8 Å². The van der Waals surface area contributed by atoms with Crippen LogP contribution in [-0.4, -0.2) is 23.7 Å². The Morgan fingerprint density at radius 1 is 1.64 bits per heavy atom. The van der Waals surface area contributed by atoms with E-state index in [-0.39, 0.29) is 12.1 Å². The van der Waals surface area contributed by atoms with Gasteiger partial charge in [-0.25, -0.2) is 5.84 Å². The molecule has 1 rings (SSSR count). The number of hydrogen-bond acceptors (Lipinski definition) is 3. The fraction of sp³-hybridized carbons (Fsp3) is 0.833. The second-order valence-corrected chi connectivity index (χ2v) is 2.86. The SMILES string of the molecule is NNC(N)=NCC1CC(O)C1. The number of aliphatic imine (C=N–C) groups is 1. The van der Waals surface area contributed by atoms with Crippen molar-refractivity contribution in [3.05, 3.63) is 0 Å². The van der Waals surface area contributed by atoms with E-state index in [1.807, 2.05) is 0 Å². The number of aliphatic hydroxyl groups excluding tert-OH is 1. The highest BCUT2D eigenvalue weighted by Gasteiger charge is 2.26. The Hall–Kier alpha value is -0.810. The number of aliphatic hydroxyl groups is 1. The summed E-state index contributed by atoms with van der Waals surface area (Å²) >= 11 is 0. The van der Waals surface area contributed by atoms with Gasteiger partial charge < -0.3 is 10.8 Å². The smallest absolute Gasteiger partial charge is 0.203 e. The Kier molecular flexibility index (Phi) is 2.67. The quantitative estimate of drug-likeness (QED) is 0.171. The zero-order valence-electron chi connectivity index (χ0n) is 6.33. The van der Waals surface area contributed by atoms with Crippen LogP contribution in [0.1, 0.15) is 12.8 Å². The van der Waals surface area contributed by atoms with Crippen molar-refractivity contribution in [2.24, 2.45) is 22.5 Å². The van der Waals surface area contributed by atoms with Crippen molar-refractivity contribution in [2.75, 3.05) is 6.54 Å². The summed E-state index contributed by atoms with van der Waals surface area (Å²) in [6.45, 7) is 0.660. The molecular weight excluding hydrogens is 144 g/mol. The zero-order valence-corrected chi connectivity index (χ0v) is 6.33. The van der Waals surface area contributed by atoms with E-state index in [9.17, 15) is 0 Å². The number of nitrogens with one attached hydrogen (secondary N) is 1. The molecule has 64 valence electrons. The van der Waals surface area contributed by atoms with Gasteiger partial charge >= 0.3 is 0 Å². The van der Waals surface area contributed by atoms with Crippen LogP contribution in [0.5, 0.6) is 0 Å². The van der Waals surface area contributed by atoms with Crippen LogP contribution in [0.4, 0.5) is 0 Å². The van der Waals surface area contributed by atoms with Gasteiger partial charge in [0.25, 0.3) is 0 Å². The lowest BCUT2D eigenvalue weighted by Crippen LogP contribution is -2.38. The first-order valence-electron chi connectivity index (χ1n) is 3.67. The van der Waals surface area contributed by atoms with Crippen molar-refractivity contribution < 1.29 is 5.11 Å². The van der Waals surface area contributed by atoms with Crippen LogP contribution in [0.15, 0.2) is 4.99 Å². The second kappa shape index (κ2) is 3.54. The standard InChI is InChI=1S/C6H14N4O/c7-6(10-8)9-3-4-1-5(11)2-4/h4-5,11H,1-3,8H2,(H3,7,9,10). The maximum Gasteiger partial charge on any atom is 0.203 e. The van der Waals surface area contributed by atoms with E-state index in [2.05, 4.69) is 10.4 Å². The molecule has 11 heavy (non-hydrogen) atoms. The molecule has 1 aliphatic rings. The first kappa shape index (κ1) is 8.29. The van der Waals surface area contributed by atoms with E-state index in [0.29, 0.717) is 12.5 Å². The molecule has 0 aromatic carbocycles. The maximum atomic E-state index is 8.92. The molecule has 0 aromatic heterocycles. The lowest BCUT2D eigenvalue weighted by atomic mass is 9.83. The molecule has 1 fully saturated rings. The number of hydrazine groups is 1. The Morgan fingerprint density at radius 2 is 2.27 bits per heavy atom. The molecule has 0 atom stereocenters. The highest BCUT2D eigenvalue weighted by atomic mass is 16.3. The predicted molar refractivity (Wildman–Crippen MR) is 42.5 cm³/mol. The second-order valence-electron chi connectivity index (χ2n) is 2.86. The van der Waals surface area contributed by atoms with Crippen molar-refractivity contribution in [3.63, 3.8) is 0 Å². The maximum absolute atomic E-state index is 8.92. The fourth-order valence-corrected chi connectivity index (χ4v) is 1.12. The van der Waals surface area contributed by atoms with Crippen LogP contribution in [-0.2, 0) is 0 Å². The van der Waals surface area contributed by atoms with Gasteiger partial charge in [0.1, 0.15) is 0 Å². The van der Waals surface area contributed by atoms with Crippen molar-refractivity contribution in [1.82, 2.24) is 5.43 Å². The first-order chi connectivity index (χ1) is 5.22. The summed E-state index contributed by atoms with van der Waals surface area (Å²) in [5, 5.41) is 8.92. The average Bonchev–Trinajstić information content (AvgIpc) is 1.95. The molecule has 1 aliphatic carbocycles. The summed E-state index contributed by atoms with van der Waals surface area (Å²) in [6.07, 6.45) is 1.55. The van der Waals surface area contributed by atoms with Crippen LogP contribution < -0.4 is 17.0 Å². The minimum Gasteiger partial charge on any atom is -0.393 e. The third kappa shape index (κ3) is 2.36. The minimum absolute atomic E-state index is 0.123. The molecular formula is C6H14N4O. The van der Waals surface area contributed by atoms with E-state index < -0.39 is 0 Å². The van der Waals surface area contributed by atoms with E-state index >= 15 is 0 Å². The Balaban J connectivity index is 2.13. The van der Waals surface area contributed by atoms with E-state index in [1.165, 1.54) is 0 Å². The third-order valence-electron chi connectivity index (χ3n) is 1.88. The van der Waals surface area contributed by atoms with Crippen molar-refractivity contribution >= 4 is 5.96 Å². The summed E-state index contributed by atoms with van der Waals surface area (Å²) in [5.74, 6) is 5.73. The van der Waals surface area contributed by atoms with Crippen LogP contribution in [0.3, 0.4) is 0 Å². The van der Waals surface area contributed by atoms with Crippen LogP contribution in [0.2, 0.25) is 0 Å². The van der Waals surface area contributed by atoms with Gasteiger partial charge in [0.05, 0.1) is 6.10 Å². The summed E-state index contributed by atoms with van der Waals surface area (Å²) in [6, 6.07) is 0. The van der Waals surface area contributed by atoms with Crippen molar-refractivity contribution in [1.29, 1.82) is 0 Å². The van der Waals surface area contributed by atoms with Crippen molar-refractivity contribution in [3.8, 4) is 0 Å². The average molecular weight is 158 g/mol. The zero-order chi connectivity index (χ0) is 8.27. The van der Waals surface area contributed by atoms with E-state index in [1.54, 1.807) is 0 Å². The molecule has 0 bridgehead atoms. The van der Waals surface area contributed by atoms with Gasteiger partial charge in [0.15, 0.2) is 0 Å². The molecule has 0 amide bonds. The fourth-order valence-electron chi connectivity index (χ4n) is 1.12. The third-order valence-corrected chi connectivity index (χ3v) is 1.88. The number of guanidine groups is 1. The van der Waals surface area contributed by atoms with Crippen LogP contribution >= 0.6 is 0 Å². The lowest BCUT2D eigenvalue weighted by molar-refractivity contribution is 0.0471. The lowest BCUT2D eigenvalue weighted by Gasteiger charge is -2.29. The molecule has 0 heterocycles. The minimum atomic E-state index is -0.123. The molecule has 0 unspecified atom stereocenters. The Bertz CT molecular complexity index is 153. The molecule has 0 aromatic rings. The van der Waals surface area contributed by atoms with Gasteiger partial charge in [-0.3, -0.25) is 10.4 Å². The van der Waals surface area contributed by atoms with Gasteiger partial charge in [-0.15, -0.1) is 0 Å². The first-order valence-corrected chi connectivity index (χ1v) is 3.67. The highest BCUT2D eigenvalue weighted by molar-refractivity contribution is 5.77. The predicted octanol–water partition coefficient (Wildman–Crippen LogP) is -1.46. The molecule has 0 saturated heterocycles. The normalized spacial score (nSPS) is 31.3. The molecule has 0 aliphatic heterocycles. The monoisotopic (exact) mass is 158 g/mol. The number of nitrogens with two attached hydrogens (primary N) is 2. The molecule has 1 saturated carbocycles.